The molecule has 3 aromatic rings. The molecule has 1 fully saturated rings. The molecule has 2 heterocycles. The lowest BCUT2D eigenvalue weighted by atomic mass is 9.94. The molecule has 2 aromatic carbocycles. The van der Waals surface area contributed by atoms with E-state index in [1.807, 2.05) is 6.07 Å². The standard InChI is InChI=1S/C22H28N4/c23-11-10-17-5-3-6-18(13-17)15-26-12-4-7-19(16-26)14-22-24-20-8-1-2-9-21(20)25-22/h1-3,5-6,8-9,13,19H,4,7,10-12,14-16,23H2,(H,24,25)/t19-/m0/s1. The number of benzene rings is 2. The van der Waals surface area contributed by atoms with Crippen LogP contribution in [0.5, 0.6) is 0 Å². The maximum absolute atomic E-state index is 5.69. The summed E-state index contributed by atoms with van der Waals surface area (Å²) in [6.45, 7) is 4.09. The zero-order chi connectivity index (χ0) is 17.8. The maximum Gasteiger partial charge on any atom is 0.107 e. The predicted octanol–water partition coefficient (Wildman–Crippen LogP) is 3.52. The van der Waals surface area contributed by atoms with Gasteiger partial charge in [0, 0.05) is 19.5 Å². The summed E-state index contributed by atoms with van der Waals surface area (Å²) < 4.78 is 0. The quantitative estimate of drug-likeness (QED) is 0.716. The average Bonchev–Trinajstić information content (AvgIpc) is 3.05. The highest BCUT2D eigenvalue weighted by Crippen LogP contribution is 2.23. The first-order chi connectivity index (χ1) is 12.8. The van der Waals surface area contributed by atoms with E-state index in [2.05, 4.69) is 52.3 Å². The second kappa shape index (κ2) is 8.02. The number of piperidine rings is 1. The van der Waals surface area contributed by atoms with Gasteiger partial charge in [-0.25, -0.2) is 4.98 Å². The van der Waals surface area contributed by atoms with Crippen LogP contribution in [0, 0.1) is 5.92 Å². The first-order valence-electron chi connectivity index (χ1n) is 9.74. The van der Waals surface area contributed by atoms with Gasteiger partial charge in [-0.1, -0.05) is 36.4 Å². The van der Waals surface area contributed by atoms with E-state index < -0.39 is 0 Å². The molecule has 4 rings (SSSR count). The van der Waals surface area contributed by atoms with Crippen LogP contribution < -0.4 is 5.73 Å². The van der Waals surface area contributed by atoms with Crippen molar-refractivity contribution in [2.75, 3.05) is 19.6 Å². The molecule has 0 aliphatic carbocycles. The Hall–Kier alpha value is -2.17. The van der Waals surface area contributed by atoms with Crippen LogP contribution in [0.3, 0.4) is 0 Å². The Bertz CT molecular complexity index is 821. The van der Waals surface area contributed by atoms with E-state index >= 15 is 0 Å². The van der Waals surface area contributed by atoms with Crippen molar-refractivity contribution in [1.29, 1.82) is 0 Å². The first-order valence-corrected chi connectivity index (χ1v) is 9.74. The molecule has 3 N–H and O–H groups in total. The summed E-state index contributed by atoms with van der Waals surface area (Å²) in [6.07, 6.45) is 4.56. The van der Waals surface area contributed by atoms with Crippen molar-refractivity contribution >= 4 is 11.0 Å². The fraction of sp³-hybridized carbons (Fsp3) is 0.409. The molecule has 4 heteroatoms. The Kier molecular flexibility index (Phi) is 5.32. The van der Waals surface area contributed by atoms with E-state index in [1.54, 1.807) is 0 Å². The Labute approximate surface area is 155 Å². The lowest BCUT2D eigenvalue weighted by Crippen LogP contribution is -2.35. The molecule has 1 aliphatic heterocycles. The monoisotopic (exact) mass is 348 g/mol. The number of para-hydroxylation sites is 2. The second-order valence-electron chi connectivity index (χ2n) is 7.51. The van der Waals surface area contributed by atoms with Gasteiger partial charge in [0.15, 0.2) is 0 Å². The van der Waals surface area contributed by atoms with Crippen LogP contribution in [0.1, 0.15) is 29.8 Å². The molecule has 0 radical (unpaired) electrons. The maximum atomic E-state index is 5.69. The van der Waals surface area contributed by atoms with Crippen LogP contribution in [0.25, 0.3) is 11.0 Å². The van der Waals surface area contributed by atoms with Crippen molar-refractivity contribution in [2.45, 2.75) is 32.2 Å². The number of likely N-dealkylation sites (tertiary alicyclic amines) is 1. The highest BCUT2D eigenvalue weighted by Gasteiger charge is 2.21. The van der Waals surface area contributed by atoms with Crippen molar-refractivity contribution in [3.63, 3.8) is 0 Å². The van der Waals surface area contributed by atoms with E-state index in [0.29, 0.717) is 12.5 Å². The minimum absolute atomic E-state index is 0.677. The SMILES string of the molecule is NCCc1cccc(CN2CCC[C@@H](Cc3nc4ccccc4[nH]3)C2)c1. The number of aromatic amines is 1. The van der Waals surface area contributed by atoms with Gasteiger partial charge in [0.25, 0.3) is 0 Å². The summed E-state index contributed by atoms with van der Waals surface area (Å²) in [5.74, 6) is 1.81. The third-order valence-corrected chi connectivity index (χ3v) is 5.35. The number of fused-ring (bicyclic) bond motifs is 1. The third-order valence-electron chi connectivity index (χ3n) is 5.35. The van der Waals surface area contributed by atoms with Gasteiger partial charge in [-0.3, -0.25) is 4.90 Å². The van der Waals surface area contributed by atoms with Crippen LogP contribution in [0.2, 0.25) is 0 Å². The largest absolute Gasteiger partial charge is 0.342 e. The molecule has 0 amide bonds. The fourth-order valence-electron chi connectivity index (χ4n) is 4.15. The normalized spacial score (nSPS) is 18.4. The number of nitrogens with two attached hydrogens (primary N) is 1. The summed E-state index contributed by atoms with van der Waals surface area (Å²) in [4.78, 5) is 10.8. The molecular weight excluding hydrogens is 320 g/mol. The topological polar surface area (TPSA) is 57.9 Å². The smallest absolute Gasteiger partial charge is 0.107 e. The van der Waals surface area contributed by atoms with E-state index in [-0.39, 0.29) is 0 Å². The number of rotatable bonds is 6. The summed E-state index contributed by atoms with van der Waals surface area (Å²) >= 11 is 0. The van der Waals surface area contributed by atoms with Crippen LogP contribution in [-0.2, 0) is 19.4 Å². The van der Waals surface area contributed by atoms with E-state index in [0.717, 1.165) is 42.8 Å². The number of nitrogens with one attached hydrogen (secondary N) is 1. The Morgan fingerprint density at radius 2 is 2.00 bits per heavy atom. The van der Waals surface area contributed by atoms with Crippen molar-refractivity contribution in [3.8, 4) is 0 Å². The third kappa shape index (κ3) is 4.14. The fourth-order valence-corrected chi connectivity index (χ4v) is 4.15. The van der Waals surface area contributed by atoms with Gasteiger partial charge in [-0.05, 0) is 61.5 Å². The zero-order valence-electron chi connectivity index (χ0n) is 15.3. The molecule has 0 saturated carbocycles. The zero-order valence-corrected chi connectivity index (χ0v) is 15.3. The van der Waals surface area contributed by atoms with Gasteiger partial charge >= 0.3 is 0 Å². The number of nitrogens with zero attached hydrogens (tertiary/aromatic N) is 2. The van der Waals surface area contributed by atoms with Crippen molar-refractivity contribution < 1.29 is 0 Å². The van der Waals surface area contributed by atoms with Gasteiger partial charge in [0.2, 0.25) is 0 Å². The van der Waals surface area contributed by atoms with E-state index in [1.165, 1.54) is 30.5 Å². The molecule has 0 unspecified atom stereocenters. The number of hydrogen-bond donors (Lipinski definition) is 2. The minimum Gasteiger partial charge on any atom is -0.342 e. The number of hydrogen-bond acceptors (Lipinski definition) is 3. The summed E-state index contributed by atoms with van der Waals surface area (Å²) in [6, 6.07) is 17.2. The first kappa shape index (κ1) is 17.3. The van der Waals surface area contributed by atoms with E-state index in [4.69, 9.17) is 10.7 Å². The number of aromatic nitrogens is 2. The molecule has 4 nitrogen and oxygen atoms in total. The molecule has 1 aliphatic rings. The van der Waals surface area contributed by atoms with E-state index in [9.17, 15) is 0 Å². The van der Waals surface area contributed by atoms with Gasteiger partial charge in [0.05, 0.1) is 11.0 Å². The Balaban J connectivity index is 1.38. The molecule has 1 saturated heterocycles. The van der Waals surface area contributed by atoms with Gasteiger partial charge in [-0.2, -0.15) is 0 Å². The Morgan fingerprint density at radius 3 is 2.88 bits per heavy atom. The molecule has 26 heavy (non-hydrogen) atoms. The van der Waals surface area contributed by atoms with Crippen molar-refractivity contribution in [3.05, 3.63) is 65.5 Å². The van der Waals surface area contributed by atoms with Crippen LogP contribution >= 0.6 is 0 Å². The van der Waals surface area contributed by atoms with Crippen molar-refractivity contribution in [2.24, 2.45) is 11.7 Å². The second-order valence-corrected chi connectivity index (χ2v) is 7.51. The molecule has 136 valence electrons. The van der Waals surface area contributed by atoms with Crippen LogP contribution in [0.4, 0.5) is 0 Å². The van der Waals surface area contributed by atoms with Gasteiger partial charge in [-0.15, -0.1) is 0 Å². The predicted molar refractivity (Wildman–Crippen MR) is 107 cm³/mol. The van der Waals surface area contributed by atoms with Crippen LogP contribution in [-0.4, -0.2) is 34.5 Å². The number of H-pyrrole nitrogens is 1. The summed E-state index contributed by atoms with van der Waals surface area (Å²) in [7, 11) is 0. The van der Waals surface area contributed by atoms with Gasteiger partial charge in [0.1, 0.15) is 5.82 Å². The highest BCUT2D eigenvalue weighted by molar-refractivity contribution is 5.74. The molecule has 0 spiro atoms. The molecule has 1 atom stereocenters. The van der Waals surface area contributed by atoms with Crippen molar-refractivity contribution in [1.82, 2.24) is 14.9 Å². The average molecular weight is 348 g/mol. The molecule has 1 aromatic heterocycles. The summed E-state index contributed by atoms with van der Waals surface area (Å²) in [5, 5.41) is 0. The lowest BCUT2D eigenvalue weighted by molar-refractivity contribution is 0.166. The van der Waals surface area contributed by atoms with Crippen LogP contribution in [0.15, 0.2) is 48.5 Å². The lowest BCUT2D eigenvalue weighted by Gasteiger charge is -2.32. The van der Waals surface area contributed by atoms with Gasteiger partial charge < -0.3 is 10.7 Å². The number of imidazole rings is 1. The molecule has 0 bridgehead atoms. The minimum atomic E-state index is 0.677. The Morgan fingerprint density at radius 1 is 1.12 bits per heavy atom. The molecular formula is C22H28N4. The summed E-state index contributed by atoms with van der Waals surface area (Å²) in [5.41, 5.74) is 10.7. The highest BCUT2D eigenvalue weighted by atomic mass is 15.1.